The molecule has 1 aromatic carbocycles. The molecular weight excluding hydrogens is 295 g/mol. The predicted molar refractivity (Wildman–Crippen MR) is 81.9 cm³/mol. The number of hydrogen-bond acceptors (Lipinski definition) is 3. The molecule has 0 saturated carbocycles. The molecule has 1 aromatic rings. The van der Waals surface area contributed by atoms with Gasteiger partial charge in [-0.25, -0.2) is 9.18 Å². The van der Waals surface area contributed by atoms with Crippen LogP contribution in [-0.2, 0) is 11.3 Å². The number of halogens is 2. The highest BCUT2D eigenvalue weighted by Crippen LogP contribution is 2.15. The molecule has 0 aliphatic heterocycles. The van der Waals surface area contributed by atoms with Crippen molar-refractivity contribution in [2.24, 2.45) is 0 Å². The van der Waals surface area contributed by atoms with Gasteiger partial charge >= 0.3 is 6.09 Å². The summed E-state index contributed by atoms with van der Waals surface area (Å²) in [5.74, 6) is -0.435. The minimum atomic E-state index is -0.512. The Labute approximate surface area is 130 Å². The molecule has 0 aliphatic rings. The maximum absolute atomic E-state index is 13.3. The number of alkyl carbamates (subject to hydrolysis) is 1. The van der Waals surface area contributed by atoms with Crippen LogP contribution in [0.2, 0.25) is 5.02 Å². The molecular formula is C15H22ClFN2O2. The molecule has 1 rings (SSSR count). The first-order chi connectivity index (χ1) is 9.67. The Bertz CT molecular complexity index is 489. The number of benzene rings is 1. The molecule has 1 atom stereocenters. The van der Waals surface area contributed by atoms with E-state index in [1.807, 2.05) is 27.7 Å². The number of carbonyl (C=O) groups excluding carboxylic acids is 1. The van der Waals surface area contributed by atoms with Crippen molar-refractivity contribution in [2.45, 2.75) is 45.9 Å². The topological polar surface area (TPSA) is 50.4 Å². The van der Waals surface area contributed by atoms with Crippen LogP contribution in [0.1, 0.15) is 33.3 Å². The van der Waals surface area contributed by atoms with E-state index in [1.54, 1.807) is 6.07 Å². The molecule has 1 unspecified atom stereocenters. The van der Waals surface area contributed by atoms with E-state index in [-0.39, 0.29) is 11.1 Å². The van der Waals surface area contributed by atoms with Crippen molar-refractivity contribution < 1.29 is 13.9 Å². The van der Waals surface area contributed by atoms with Gasteiger partial charge in [0.05, 0.1) is 5.02 Å². The van der Waals surface area contributed by atoms with E-state index >= 15 is 0 Å². The van der Waals surface area contributed by atoms with Crippen molar-refractivity contribution in [3.8, 4) is 0 Å². The van der Waals surface area contributed by atoms with E-state index in [9.17, 15) is 9.18 Å². The molecule has 0 heterocycles. The molecule has 0 aliphatic carbocycles. The average Bonchev–Trinajstić information content (AvgIpc) is 2.36. The number of rotatable bonds is 5. The molecule has 0 saturated heterocycles. The second-order valence-electron chi connectivity index (χ2n) is 5.91. The smallest absolute Gasteiger partial charge is 0.407 e. The molecule has 0 aromatic heterocycles. The molecule has 0 spiro atoms. The van der Waals surface area contributed by atoms with Gasteiger partial charge in [0.2, 0.25) is 0 Å². The Morgan fingerprint density at radius 1 is 1.43 bits per heavy atom. The second-order valence-corrected chi connectivity index (χ2v) is 6.32. The van der Waals surface area contributed by atoms with Crippen LogP contribution in [0.3, 0.4) is 0 Å². The van der Waals surface area contributed by atoms with Crippen molar-refractivity contribution in [2.75, 3.05) is 6.54 Å². The molecule has 1 amide bonds. The van der Waals surface area contributed by atoms with Crippen molar-refractivity contribution in [3.05, 3.63) is 34.6 Å². The zero-order valence-electron chi connectivity index (χ0n) is 12.8. The molecule has 2 N–H and O–H groups in total. The van der Waals surface area contributed by atoms with Crippen molar-refractivity contribution in [1.29, 1.82) is 0 Å². The summed E-state index contributed by atoms with van der Waals surface area (Å²) >= 11 is 5.62. The van der Waals surface area contributed by atoms with Crippen LogP contribution in [0.5, 0.6) is 0 Å². The standard InChI is InChI=1S/C15H22ClFN2O2/c1-10(8-19-14(20)21-15(2,3)4)18-9-11-5-6-12(16)13(17)7-11/h5-7,10,18H,8-9H2,1-4H3,(H,19,20). The normalized spacial score (nSPS) is 12.9. The number of ether oxygens (including phenoxy) is 1. The van der Waals surface area contributed by atoms with E-state index in [4.69, 9.17) is 16.3 Å². The first-order valence-electron chi connectivity index (χ1n) is 6.81. The van der Waals surface area contributed by atoms with E-state index in [0.29, 0.717) is 13.1 Å². The summed E-state index contributed by atoms with van der Waals surface area (Å²) in [4.78, 5) is 11.5. The maximum atomic E-state index is 13.3. The molecule has 118 valence electrons. The highest BCUT2D eigenvalue weighted by molar-refractivity contribution is 6.30. The summed E-state index contributed by atoms with van der Waals surface area (Å²) in [5, 5.41) is 5.97. The van der Waals surface area contributed by atoms with E-state index in [0.717, 1.165) is 5.56 Å². The Balaban J connectivity index is 2.32. The van der Waals surface area contributed by atoms with Gasteiger partial charge in [-0.1, -0.05) is 17.7 Å². The van der Waals surface area contributed by atoms with Gasteiger partial charge in [-0.15, -0.1) is 0 Å². The van der Waals surface area contributed by atoms with Crippen LogP contribution in [-0.4, -0.2) is 24.3 Å². The van der Waals surface area contributed by atoms with Crippen LogP contribution in [0, 0.1) is 5.82 Å². The van der Waals surface area contributed by atoms with Gasteiger partial charge in [0.25, 0.3) is 0 Å². The number of hydrogen-bond donors (Lipinski definition) is 2. The number of nitrogens with one attached hydrogen (secondary N) is 2. The summed E-state index contributed by atoms with van der Waals surface area (Å²) < 4.78 is 18.4. The van der Waals surface area contributed by atoms with Crippen LogP contribution in [0.25, 0.3) is 0 Å². The number of carbonyl (C=O) groups is 1. The molecule has 6 heteroatoms. The lowest BCUT2D eigenvalue weighted by Crippen LogP contribution is -2.41. The third kappa shape index (κ3) is 7.29. The van der Waals surface area contributed by atoms with Gasteiger partial charge in [0.15, 0.2) is 0 Å². The quantitative estimate of drug-likeness (QED) is 0.874. The number of amides is 1. The first kappa shape index (κ1) is 17.7. The first-order valence-corrected chi connectivity index (χ1v) is 7.19. The fourth-order valence-electron chi connectivity index (χ4n) is 1.56. The van der Waals surface area contributed by atoms with Crippen LogP contribution in [0.15, 0.2) is 18.2 Å². The summed E-state index contributed by atoms with van der Waals surface area (Å²) in [5.41, 5.74) is 0.280. The fourth-order valence-corrected chi connectivity index (χ4v) is 1.68. The van der Waals surface area contributed by atoms with E-state index in [1.165, 1.54) is 12.1 Å². The molecule has 0 radical (unpaired) electrons. The monoisotopic (exact) mass is 316 g/mol. The van der Waals surface area contributed by atoms with Gasteiger partial charge in [0, 0.05) is 19.1 Å². The van der Waals surface area contributed by atoms with Crippen molar-refractivity contribution in [3.63, 3.8) is 0 Å². The summed E-state index contributed by atoms with van der Waals surface area (Å²) in [6.07, 6.45) is -0.450. The minimum absolute atomic E-state index is 0.0243. The minimum Gasteiger partial charge on any atom is -0.444 e. The SMILES string of the molecule is CC(CNC(=O)OC(C)(C)C)NCc1ccc(Cl)c(F)c1. The average molecular weight is 317 g/mol. The summed E-state index contributed by atoms with van der Waals surface area (Å²) in [6.45, 7) is 8.26. The Kier molecular flexibility index (Phi) is 6.42. The van der Waals surface area contributed by atoms with Crippen molar-refractivity contribution in [1.82, 2.24) is 10.6 Å². The summed E-state index contributed by atoms with van der Waals surface area (Å²) in [6, 6.07) is 4.70. The Morgan fingerprint density at radius 2 is 2.10 bits per heavy atom. The van der Waals surface area contributed by atoms with Crippen LogP contribution < -0.4 is 10.6 Å². The third-order valence-corrected chi connectivity index (χ3v) is 2.90. The van der Waals surface area contributed by atoms with E-state index in [2.05, 4.69) is 10.6 Å². The third-order valence-electron chi connectivity index (χ3n) is 2.59. The molecule has 21 heavy (non-hydrogen) atoms. The Hall–Kier alpha value is -1.33. The molecule has 4 nitrogen and oxygen atoms in total. The lowest BCUT2D eigenvalue weighted by atomic mass is 10.2. The van der Waals surface area contributed by atoms with Gasteiger partial charge < -0.3 is 15.4 Å². The zero-order valence-corrected chi connectivity index (χ0v) is 13.6. The molecule has 0 bridgehead atoms. The predicted octanol–water partition coefficient (Wildman–Crippen LogP) is 3.48. The zero-order chi connectivity index (χ0) is 16.0. The van der Waals surface area contributed by atoms with Gasteiger partial charge in [-0.2, -0.15) is 0 Å². The van der Waals surface area contributed by atoms with Gasteiger partial charge in [-0.3, -0.25) is 0 Å². The highest BCUT2D eigenvalue weighted by Gasteiger charge is 2.16. The Morgan fingerprint density at radius 3 is 2.67 bits per heavy atom. The largest absolute Gasteiger partial charge is 0.444 e. The van der Waals surface area contributed by atoms with Crippen molar-refractivity contribution >= 4 is 17.7 Å². The fraction of sp³-hybridized carbons (Fsp3) is 0.533. The van der Waals surface area contributed by atoms with Crippen LogP contribution >= 0.6 is 11.6 Å². The highest BCUT2D eigenvalue weighted by atomic mass is 35.5. The summed E-state index contributed by atoms with van der Waals surface area (Å²) in [7, 11) is 0. The maximum Gasteiger partial charge on any atom is 0.407 e. The van der Waals surface area contributed by atoms with Gasteiger partial charge in [0.1, 0.15) is 11.4 Å². The molecule has 0 fully saturated rings. The van der Waals surface area contributed by atoms with Crippen LogP contribution in [0.4, 0.5) is 9.18 Å². The van der Waals surface area contributed by atoms with E-state index < -0.39 is 17.5 Å². The van der Waals surface area contributed by atoms with Gasteiger partial charge in [-0.05, 0) is 45.4 Å². The lowest BCUT2D eigenvalue weighted by Gasteiger charge is -2.21. The second kappa shape index (κ2) is 7.61. The lowest BCUT2D eigenvalue weighted by molar-refractivity contribution is 0.0523.